The van der Waals surface area contributed by atoms with Gasteiger partial charge in [0.05, 0.1) is 17.3 Å². The molecule has 1 aliphatic rings. The van der Waals surface area contributed by atoms with E-state index in [9.17, 15) is 14.7 Å². The molecule has 1 unspecified atom stereocenters. The number of alkyl halides is 1. The lowest BCUT2D eigenvalue weighted by atomic mass is 9.84. The molecule has 0 radical (unpaired) electrons. The fraction of sp³-hybridized carbons (Fsp3) is 0.211. The zero-order valence-corrected chi connectivity index (χ0v) is 14.2. The van der Waals surface area contributed by atoms with E-state index < -0.39 is 17.6 Å². The summed E-state index contributed by atoms with van der Waals surface area (Å²) in [4.78, 5) is 29.4. The maximum Gasteiger partial charge on any atom is 0.235 e. The molecule has 0 amide bonds. The summed E-state index contributed by atoms with van der Waals surface area (Å²) in [6.45, 7) is 0.518. The molecular formula is C19H17ClN2O3. The van der Waals surface area contributed by atoms with Crippen LogP contribution < -0.4 is 5.32 Å². The maximum absolute atomic E-state index is 12.7. The molecule has 128 valence electrons. The number of nitrogens with one attached hydrogen (secondary N) is 1. The topological polar surface area (TPSA) is 79.3 Å². The summed E-state index contributed by atoms with van der Waals surface area (Å²) in [7, 11) is 0. The molecule has 2 aromatic rings. The van der Waals surface area contributed by atoms with Crippen molar-refractivity contribution in [3.05, 3.63) is 71.1 Å². The lowest BCUT2D eigenvalue weighted by Gasteiger charge is -2.25. The van der Waals surface area contributed by atoms with Gasteiger partial charge in [0, 0.05) is 23.2 Å². The number of Topliss-reactive ketones (excluding diaryl/α,β-unsaturated/α-hetero) is 2. The van der Waals surface area contributed by atoms with Gasteiger partial charge in [-0.25, -0.2) is 0 Å². The summed E-state index contributed by atoms with van der Waals surface area (Å²) in [5.41, 5.74) is 1.16. The Morgan fingerprint density at radius 1 is 1.04 bits per heavy atom. The first kappa shape index (κ1) is 17.3. The molecule has 1 aliphatic carbocycles. The van der Waals surface area contributed by atoms with Gasteiger partial charge in [0.25, 0.3) is 0 Å². The standard InChI is InChI=1S/C19H17ClN2O3/c20-9-5-11-22-16(14-8-3-4-10-21-14)15-17(23)12-6-1-2-7-13(12)18(24)19(15)25/h1-4,6-8,10,16,22-23H,5,9,11H2. The number of aromatic nitrogens is 1. The first-order valence-electron chi connectivity index (χ1n) is 7.97. The molecule has 5 nitrogen and oxygen atoms in total. The van der Waals surface area contributed by atoms with Gasteiger partial charge in [0.2, 0.25) is 11.6 Å². The minimum Gasteiger partial charge on any atom is -0.507 e. The third kappa shape index (κ3) is 3.34. The van der Waals surface area contributed by atoms with Gasteiger partial charge in [-0.2, -0.15) is 0 Å². The van der Waals surface area contributed by atoms with Crippen LogP contribution in [0.15, 0.2) is 54.2 Å². The summed E-state index contributed by atoms with van der Waals surface area (Å²) in [5.74, 6) is -1.06. The van der Waals surface area contributed by atoms with Crippen LogP contribution in [0.1, 0.15) is 34.1 Å². The molecule has 1 aromatic carbocycles. The van der Waals surface area contributed by atoms with Gasteiger partial charge in [-0.3, -0.25) is 14.6 Å². The van der Waals surface area contributed by atoms with Crippen molar-refractivity contribution in [1.82, 2.24) is 10.3 Å². The first-order valence-corrected chi connectivity index (χ1v) is 8.50. The van der Waals surface area contributed by atoms with Crippen molar-refractivity contribution < 1.29 is 14.7 Å². The van der Waals surface area contributed by atoms with Gasteiger partial charge in [0.1, 0.15) is 5.76 Å². The third-order valence-electron chi connectivity index (χ3n) is 4.06. The molecule has 1 aromatic heterocycles. The van der Waals surface area contributed by atoms with Gasteiger partial charge in [-0.05, 0) is 25.1 Å². The summed E-state index contributed by atoms with van der Waals surface area (Å²) in [5, 5.41) is 13.9. The molecule has 0 spiro atoms. The van der Waals surface area contributed by atoms with Crippen LogP contribution in [0.3, 0.4) is 0 Å². The summed E-state index contributed by atoms with van der Waals surface area (Å²) in [6, 6.07) is 11.2. The Balaban J connectivity index is 2.11. The number of ketones is 2. The molecule has 25 heavy (non-hydrogen) atoms. The van der Waals surface area contributed by atoms with E-state index in [1.165, 1.54) is 0 Å². The zero-order valence-electron chi connectivity index (χ0n) is 13.4. The van der Waals surface area contributed by atoms with Gasteiger partial charge in [-0.15, -0.1) is 11.6 Å². The van der Waals surface area contributed by atoms with Crippen molar-refractivity contribution in [1.29, 1.82) is 0 Å². The third-order valence-corrected chi connectivity index (χ3v) is 4.33. The number of carbonyl (C=O) groups excluding carboxylic acids is 2. The highest BCUT2D eigenvalue weighted by molar-refractivity contribution is 6.52. The van der Waals surface area contributed by atoms with Crippen LogP contribution in [-0.4, -0.2) is 34.1 Å². The average Bonchev–Trinajstić information content (AvgIpc) is 2.66. The molecule has 1 atom stereocenters. The van der Waals surface area contributed by atoms with Crippen LogP contribution in [0, 0.1) is 0 Å². The van der Waals surface area contributed by atoms with E-state index in [-0.39, 0.29) is 16.9 Å². The van der Waals surface area contributed by atoms with Gasteiger partial charge < -0.3 is 10.4 Å². The molecule has 0 saturated carbocycles. The molecular weight excluding hydrogens is 340 g/mol. The quantitative estimate of drug-likeness (QED) is 0.472. The maximum atomic E-state index is 12.7. The fourth-order valence-corrected chi connectivity index (χ4v) is 3.00. The highest BCUT2D eigenvalue weighted by atomic mass is 35.5. The number of hydrogen-bond acceptors (Lipinski definition) is 5. The van der Waals surface area contributed by atoms with Crippen LogP contribution in [0.4, 0.5) is 0 Å². The minimum atomic E-state index is -0.717. The number of halogens is 1. The highest BCUT2D eigenvalue weighted by Crippen LogP contribution is 2.34. The van der Waals surface area contributed by atoms with Crippen LogP contribution in [0.2, 0.25) is 0 Å². The molecule has 1 heterocycles. The number of pyridine rings is 1. The normalized spacial score (nSPS) is 15.2. The van der Waals surface area contributed by atoms with E-state index in [0.717, 1.165) is 0 Å². The molecule has 0 bridgehead atoms. The van der Waals surface area contributed by atoms with Crippen molar-refractivity contribution >= 4 is 28.9 Å². The summed E-state index contributed by atoms with van der Waals surface area (Å²) >= 11 is 5.73. The Kier molecular flexibility index (Phi) is 5.26. The van der Waals surface area contributed by atoms with E-state index in [2.05, 4.69) is 10.3 Å². The van der Waals surface area contributed by atoms with E-state index in [4.69, 9.17) is 11.6 Å². The Hall–Kier alpha value is -2.50. The number of hydrogen-bond donors (Lipinski definition) is 2. The van der Waals surface area contributed by atoms with Crippen LogP contribution in [-0.2, 0) is 4.79 Å². The number of nitrogens with zero attached hydrogens (tertiary/aromatic N) is 1. The van der Waals surface area contributed by atoms with Crippen molar-refractivity contribution in [3.8, 4) is 0 Å². The number of benzene rings is 1. The number of carbonyl (C=O) groups is 2. The van der Waals surface area contributed by atoms with Gasteiger partial charge in [-0.1, -0.05) is 30.3 Å². The monoisotopic (exact) mass is 356 g/mol. The number of aliphatic hydroxyl groups is 1. The molecule has 0 aliphatic heterocycles. The van der Waals surface area contributed by atoms with Crippen molar-refractivity contribution in [2.45, 2.75) is 12.5 Å². The van der Waals surface area contributed by atoms with Crippen molar-refractivity contribution in [2.75, 3.05) is 12.4 Å². The van der Waals surface area contributed by atoms with Gasteiger partial charge >= 0.3 is 0 Å². The second-order valence-corrected chi connectivity index (χ2v) is 6.03. The Labute approximate surface area is 150 Å². The molecule has 0 saturated heterocycles. The minimum absolute atomic E-state index is 0.0250. The Morgan fingerprint density at radius 2 is 1.76 bits per heavy atom. The number of aliphatic hydroxyl groups excluding tert-OH is 1. The second kappa shape index (κ2) is 7.59. The van der Waals surface area contributed by atoms with Crippen LogP contribution in [0.25, 0.3) is 5.76 Å². The van der Waals surface area contributed by atoms with Crippen molar-refractivity contribution in [2.24, 2.45) is 0 Å². The molecule has 6 heteroatoms. The summed E-state index contributed by atoms with van der Waals surface area (Å²) in [6.07, 6.45) is 2.28. The van der Waals surface area contributed by atoms with E-state index in [1.807, 2.05) is 0 Å². The predicted octanol–water partition coefficient (Wildman–Crippen LogP) is 3.08. The van der Waals surface area contributed by atoms with Crippen LogP contribution in [0.5, 0.6) is 0 Å². The van der Waals surface area contributed by atoms with E-state index in [1.54, 1.807) is 48.7 Å². The Bertz CT molecular complexity index is 834. The number of fused-ring (bicyclic) bond motifs is 1. The SMILES string of the molecule is O=C1C(=O)c2ccccc2C(O)=C1C(NCCCCl)c1ccccn1. The van der Waals surface area contributed by atoms with E-state index in [0.29, 0.717) is 30.1 Å². The second-order valence-electron chi connectivity index (χ2n) is 5.65. The smallest absolute Gasteiger partial charge is 0.235 e. The first-order chi connectivity index (χ1) is 12.1. The molecule has 3 rings (SSSR count). The predicted molar refractivity (Wildman–Crippen MR) is 95.6 cm³/mol. The zero-order chi connectivity index (χ0) is 17.8. The fourth-order valence-electron chi connectivity index (χ4n) is 2.87. The summed E-state index contributed by atoms with van der Waals surface area (Å²) < 4.78 is 0. The van der Waals surface area contributed by atoms with Crippen molar-refractivity contribution in [3.63, 3.8) is 0 Å². The highest BCUT2D eigenvalue weighted by Gasteiger charge is 2.37. The van der Waals surface area contributed by atoms with E-state index >= 15 is 0 Å². The Morgan fingerprint density at radius 3 is 2.44 bits per heavy atom. The molecule has 2 N–H and O–H groups in total. The average molecular weight is 357 g/mol. The number of rotatable bonds is 6. The lowest BCUT2D eigenvalue weighted by molar-refractivity contribution is -0.112. The lowest BCUT2D eigenvalue weighted by Crippen LogP contribution is -2.34. The van der Waals surface area contributed by atoms with Crippen LogP contribution >= 0.6 is 11.6 Å². The largest absolute Gasteiger partial charge is 0.507 e. The molecule has 0 fully saturated rings. The van der Waals surface area contributed by atoms with Gasteiger partial charge in [0.15, 0.2) is 0 Å².